The molecule has 1 aromatic carbocycles. The Labute approximate surface area is 124 Å². The van der Waals surface area contributed by atoms with Crippen molar-refractivity contribution in [2.24, 2.45) is 0 Å². The average Bonchev–Trinajstić information content (AvgIpc) is 2.37. The summed E-state index contributed by atoms with van der Waals surface area (Å²) in [6, 6.07) is 5.24. The van der Waals surface area contributed by atoms with Crippen LogP contribution in [-0.2, 0) is 15.6 Å². The van der Waals surface area contributed by atoms with Gasteiger partial charge in [-0.05, 0) is 36.1 Å². The zero-order chi connectivity index (χ0) is 15.6. The van der Waals surface area contributed by atoms with Crippen molar-refractivity contribution in [2.75, 3.05) is 25.1 Å². The molecular weight excluding hydrogens is 292 g/mol. The minimum Gasteiger partial charge on any atom is -0.465 e. The Bertz CT molecular complexity index is 642. The first-order valence-electron chi connectivity index (χ1n) is 6.80. The number of nitrogens with zero attached hydrogens (tertiary/aromatic N) is 1. The molecule has 0 bridgehead atoms. The van der Waals surface area contributed by atoms with Gasteiger partial charge in [0, 0.05) is 31.0 Å². The predicted octanol–water partition coefficient (Wildman–Crippen LogP) is 1.67. The molecule has 0 aromatic heterocycles. The van der Waals surface area contributed by atoms with Crippen LogP contribution in [0.1, 0.15) is 29.9 Å². The molecular formula is C14H20N2O4S. The lowest BCUT2D eigenvalue weighted by molar-refractivity contribution is 0.130. The number of rotatable bonds is 3. The van der Waals surface area contributed by atoms with Crippen molar-refractivity contribution >= 4 is 21.6 Å². The highest BCUT2D eigenvalue weighted by molar-refractivity contribution is 7.89. The van der Waals surface area contributed by atoms with Crippen LogP contribution < -0.4 is 5.73 Å². The van der Waals surface area contributed by atoms with Gasteiger partial charge < -0.3 is 15.7 Å². The van der Waals surface area contributed by atoms with Crippen LogP contribution in [0.3, 0.4) is 0 Å². The standard InChI is InChI=1S/C14H20N2O4S/c1-21(19,20)9-11-7-12(15)4-5-13(11)10-3-2-6-16(8-10)14(17)18/h4-5,7,10H,2-3,6,8-9,15H2,1H3,(H,17,18). The number of sulfone groups is 1. The Morgan fingerprint density at radius 1 is 1.48 bits per heavy atom. The summed E-state index contributed by atoms with van der Waals surface area (Å²) >= 11 is 0. The summed E-state index contributed by atoms with van der Waals surface area (Å²) in [6.45, 7) is 0.929. The molecule has 1 aromatic rings. The Kier molecular flexibility index (Phi) is 4.41. The van der Waals surface area contributed by atoms with Gasteiger partial charge in [-0.3, -0.25) is 0 Å². The summed E-state index contributed by atoms with van der Waals surface area (Å²) in [4.78, 5) is 12.5. The van der Waals surface area contributed by atoms with E-state index in [0.717, 1.165) is 18.4 Å². The van der Waals surface area contributed by atoms with Gasteiger partial charge in [0.25, 0.3) is 0 Å². The molecule has 0 radical (unpaired) electrons. The van der Waals surface area contributed by atoms with Crippen LogP contribution in [-0.4, -0.2) is 43.9 Å². The normalized spacial score (nSPS) is 19.5. The van der Waals surface area contributed by atoms with Gasteiger partial charge in [0.15, 0.2) is 9.84 Å². The van der Waals surface area contributed by atoms with Crippen LogP contribution in [0.15, 0.2) is 18.2 Å². The van der Waals surface area contributed by atoms with Gasteiger partial charge in [-0.2, -0.15) is 0 Å². The second kappa shape index (κ2) is 5.93. The number of nitrogens with two attached hydrogens (primary N) is 1. The van der Waals surface area contributed by atoms with E-state index in [0.29, 0.717) is 24.3 Å². The van der Waals surface area contributed by atoms with E-state index in [4.69, 9.17) is 10.8 Å². The van der Waals surface area contributed by atoms with E-state index in [1.165, 1.54) is 11.2 Å². The number of hydrogen-bond acceptors (Lipinski definition) is 4. The Balaban J connectivity index is 2.32. The molecule has 2 rings (SSSR count). The van der Waals surface area contributed by atoms with Gasteiger partial charge in [-0.25, -0.2) is 13.2 Å². The highest BCUT2D eigenvalue weighted by Crippen LogP contribution is 2.31. The van der Waals surface area contributed by atoms with Gasteiger partial charge >= 0.3 is 6.09 Å². The Morgan fingerprint density at radius 3 is 2.81 bits per heavy atom. The third kappa shape index (κ3) is 4.10. The second-order valence-electron chi connectivity index (χ2n) is 5.60. The Hall–Kier alpha value is -1.76. The number of carboxylic acid groups (broad SMARTS) is 1. The number of piperidine rings is 1. The maximum Gasteiger partial charge on any atom is 0.407 e. The van der Waals surface area contributed by atoms with Crippen molar-refractivity contribution in [2.45, 2.75) is 24.5 Å². The first-order chi connectivity index (χ1) is 9.76. The van der Waals surface area contributed by atoms with Gasteiger partial charge in [0.05, 0.1) is 5.75 Å². The second-order valence-corrected chi connectivity index (χ2v) is 7.74. The fourth-order valence-electron chi connectivity index (χ4n) is 2.84. The van der Waals surface area contributed by atoms with Crippen molar-refractivity contribution in [1.82, 2.24) is 4.90 Å². The third-order valence-electron chi connectivity index (χ3n) is 3.72. The minimum atomic E-state index is -3.17. The number of likely N-dealkylation sites (tertiary alicyclic amines) is 1. The van der Waals surface area contributed by atoms with E-state index in [-0.39, 0.29) is 11.7 Å². The third-order valence-corrected chi connectivity index (χ3v) is 4.55. The van der Waals surface area contributed by atoms with Crippen molar-refractivity contribution in [3.63, 3.8) is 0 Å². The first-order valence-corrected chi connectivity index (χ1v) is 8.86. The number of nitrogen functional groups attached to an aromatic ring is 1. The van der Waals surface area contributed by atoms with E-state index in [1.807, 2.05) is 6.07 Å². The quantitative estimate of drug-likeness (QED) is 0.827. The van der Waals surface area contributed by atoms with Gasteiger partial charge in [0.2, 0.25) is 0 Å². The Morgan fingerprint density at radius 2 is 2.19 bits per heavy atom. The molecule has 3 N–H and O–H groups in total. The SMILES string of the molecule is CS(=O)(=O)Cc1cc(N)ccc1C1CCCN(C(=O)O)C1. The van der Waals surface area contributed by atoms with Crippen LogP contribution >= 0.6 is 0 Å². The van der Waals surface area contributed by atoms with Crippen LogP contribution in [0, 0.1) is 0 Å². The number of carbonyl (C=O) groups is 1. The molecule has 1 atom stereocenters. The zero-order valence-electron chi connectivity index (χ0n) is 11.9. The monoisotopic (exact) mass is 312 g/mol. The molecule has 0 saturated carbocycles. The lowest BCUT2D eigenvalue weighted by atomic mass is 9.88. The molecule has 21 heavy (non-hydrogen) atoms. The molecule has 0 spiro atoms. The fourth-order valence-corrected chi connectivity index (χ4v) is 3.65. The molecule has 1 fully saturated rings. The highest BCUT2D eigenvalue weighted by Gasteiger charge is 2.26. The van der Waals surface area contributed by atoms with Crippen LogP contribution in [0.2, 0.25) is 0 Å². The van der Waals surface area contributed by atoms with E-state index in [9.17, 15) is 13.2 Å². The van der Waals surface area contributed by atoms with Gasteiger partial charge in [-0.1, -0.05) is 6.07 Å². The average molecular weight is 312 g/mol. The van der Waals surface area contributed by atoms with Crippen molar-refractivity contribution in [3.8, 4) is 0 Å². The summed E-state index contributed by atoms with van der Waals surface area (Å²) in [6.07, 6.45) is 1.88. The number of anilines is 1. The molecule has 1 amide bonds. The molecule has 7 heteroatoms. The summed E-state index contributed by atoms with van der Waals surface area (Å²) in [5.74, 6) is -0.0519. The maximum absolute atomic E-state index is 11.6. The number of hydrogen-bond donors (Lipinski definition) is 2. The van der Waals surface area contributed by atoms with Crippen LogP contribution in [0.4, 0.5) is 10.5 Å². The van der Waals surface area contributed by atoms with Gasteiger partial charge in [-0.15, -0.1) is 0 Å². The maximum atomic E-state index is 11.6. The molecule has 116 valence electrons. The number of benzene rings is 1. The lowest BCUT2D eigenvalue weighted by Crippen LogP contribution is -2.38. The summed E-state index contributed by atoms with van der Waals surface area (Å²) in [5.41, 5.74) is 7.83. The van der Waals surface area contributed by atoms with E-state index in [1.54, 1.807) is 12.1 Å². The van der Waals surface area contributed by atoms with E-state index < -0.39 is 15.9 Å². The van der Waals surface area contributed by atoms with Crippen LogP contribution in [0.5, 0.6) is 0 Å². The molecule has 1 saturated heterocycles. The van der Waals surface area contributed by atoms with E-state index in [2.05, 4.69) is 0 Å². The lowest BCUT2D eigenvalue weighted by Gasteiger charge is -2.32. The number of amides is 1. The van der Waals surface area contributed by atoms with Crippen molar-refractivity contribution in [1.29, 1.82) is 0 Å². The summed E-state index contributed by atoms with van der Waals surface area (Å²) in [7, 11) is -3.17. The fraction of sp³-hybridized carbons (Fsp3) is 0.500. The summed E-state index contributed by atoms with van der Waals surface area (Å²) < 4.78 is 23.1. The van der Waals surface area contributed by atoms with Crippen LogP contribution in [0.25, 0.3) is 0 Å². The minimum absolute atomic E-state index is 0.0206. The molecule has 1 heterocycles. The molecule has 1 unspecified atom stereocenters. The summed E-state index contributed by atoms with van der Waals surface area (Å²) in [5, 5.41) is 9.11. The smallest absolute Gasteiger partial charge is 0.407 e. The first kappa shape index (κ1) is 15.6. The van der Waals surface area contributed by atoms with E-state index >= 15 is 0 Å². The highest BCUT2D eigenvalue weighted by atomic mass is 32.2. The topological polar surface area (TPSA) is 101 Å². The molecule has 6 nitrogen and oxygen atoms in total. The largest absolute Gasteiger partial charge is 0.465 e. The molecule has 1 aliphatic rings. The van der Waals surface area contributed by atoms with Gasteiger partial charge in [0.1, 0.15) is 0 Å². The van der Waals surface area contributed by atoms with Crippen molar-refractivity contribution in [3.05, 3.63) is 29.3 Å². The molecule has 1 aliphatic heterocycles. The van der Waals surface area contributed by atoms with Crippen molar-refractivity contribution < 1.29 is 18.3 Å². The predicted molar refractivity (Wildman–Crippen MR) is 81.0 cm³/mol. The zero-order valence-corrected chi connectivity index (χ0v) is 12.8. The molecule has 0 aliphatic carbocycles.